The molecule has 1 aliphatic heterocycles. The Balaban J connectivity index is 1.38. The number of unbranched alkanes of at least 4 members (excludes halogenated alkanes) is 1. The van der Waals surface area contributed by atoms with E-state index in [1.54, 1.807) is 0 Å². The number of hydrogen-bond acceptors (Lipinski definition) is 3. The first-order valence-electron chi connectivity index (χ1n) is 10.2. The lowest BCUT2D eigenvalue weighted by atomic mass is 10.1. The minimum absolute atomic E-state index is 0.134. The van der Waals surface area contributed by atoms with Gasteiger partial charge in [-0.25, -0.2) is 4.98 Å². The second-order valence-electron chi connectivity index (χ2n) is 7.27. The fraction of sp³-hybridized carbons (Fsp3) is 0.375. The number of aromatic nitrogens is 2. The number of imidazole rings is 1. The maximum atomic E-state index is 6.03. The Morgan fingerprint density at radius 1 is 1.14 bits per heavy atom. The normalized spacial score (nSPS) is 16.5. The van der Waals surface area contributed by atoms with E-state index < -0.39 is 0 Å². The molecule has 146 valence electrons. The molecule has 2 aromatic carbocycles. The van der Waals surface area contributed by atoms with Crippen LogP contribution in [0.5, 0.6) is 5.75 Å². The first-order valence-corrected chi connectivity index (χ1v) is 10.2. The Morgan fingerprint density at radius 3 is 2.86 bits per heavy atom. The summed E-state index contributed by atoms with van der Waals surface area (Å²) >= 11 is 0. The molecule has 0 aliphatic carbocycles. The van der Waals surface area contributed by atoms with Gasteiger partial charge in [0.2, 0.25) is 0 Å². The first kappa shape index (κ1) is 18.8. The van der Waals surface area contributed by atoms with Crippen molar-refractivity contribution >= 4 is 11.0 Å². The van der Waals surface area contributed by atoms with Gasteiger partial charge in [0.15, 0.2) is 0 Å². The second-order valence-corrected chi connectivity index (χ2v) is 7.27. The van der Waals surface area contributed by atoms with Crippen LogP contribution in [0.2, 0.25) is 0 Å². The van der Waals surface area contributed by atoms with Crippen molar-refractivity contribution in [3.8, 4) is 5.75 Å². The van der Waals surface area contributed by atoms with Gasteiger partial charge in [0, 0.05) is 13.2 Å². The van der Waals surface area contributed by atoms with Crippen LogP contribution >= 0.6 is 0 Å². The van der Waals surface area contributed by atoms with Gasteiger partial charge >= 0.3 is 0 Å². The molecule has 0 spiro atoms. The molecule has 0 saturated carbocycles. The average molecular weight is 377 g/mol. The van der Waals surface area contributed by atoms with E-state index >= 15 is 0 Å². The molecule has 28 heavy (non-hydrogen) atoms. The Morgan fingerprint density at radius 2 is 2.00 bits per heavy atom. The number of hydrogen-bond donors (Lipinski definition) is 0. The number of benzene rings is 2. The minimum atomic E-state index is 0.134. The number of ether oxygens (including phenoxy) is 2. The predicted octanol–water partition coefficient (Wildman–Crippen LogP) is 5.48. The summed E-state index contributed by atoms with van der Waals surface area (Å²) in [6, 6.07) is 16.6. The van der Waals surface area contributed by atoms with E-state index in [1.807, 2.05) is 30.3 Å². The van der Waals surface area contributed by atoms with Crippen molar-refractivity contribution in [3.63, 3.8) is 0 Å². The number of nitrogens with zero attached hydrogens (tertiary/aromatic N) is 2. The lowest BCUT2D eigenvalue weighted by molar-refractivity contribution is 0.102. The third-order valence-corrected chi connectivity index (χ3v) is 5.27. The Labute approximate surface area is 166 Å². The predicted molar refractivity (Wildman–Crippen MR) is 113 cm³/mol. The number of aryl methyl sites for hydroxylation is 1. The van der Waals surface area contributed by atoms with Gasteiger partial charge in [-0.3, -0.25) is 0 Å². The third kappa shape index (κ3) is 4.12. The second kappa shape index (κ2) is 9.07. The Bertz CT molecular complexity index is 925. The zero-order valence-electron chi connectivity index (χ0n) is 16.3. The van der Waals surface area contributed by atoms with E-state index in [9.17, 15) is 0 Å². The van der Waals surface area contributed by atoms with Crippen LogP contribution in [0.1, 0.15) is 43.2 Å². The Hall–Kier alpha value is -2.59. The highest BCUT2D eigenvalue weighted by atomic mass is 16.5. The lowest BCUT2D eigenvalue weighted by Gasteiger charge is -2.14. The van der Waals surface area contributed by atoms with Gasteiger partial charge in [0.1, 0.15) is 17.7 Å². The zero-order valence-corrected chi connectivity index (χ0v) is 16.3. The van der Waals surface area contributed by atoms with Crippen molar-refractivity contribution in [2.24, 2.45) is 0 Å². The molecule has 1 saturated heterocycles. The maximum Gasteiger partial charge on any atom is 0.139 e. The van der Waals surface area contributed by atoms with E-state index in [-0.39, 0.29) is 6.10 Å². The zero-order chi connectivity index (χ0) is 19.2. The smallest absolute Gasteiger partial charge is 0.139 e. The van der Waals surface area contributed by atoms with E-state index in [0.29, 0.717) is 0 Å². The highest BCUT2D eigenvalue weighted by Gasteiger charge is 2.24. The third-order valence-electron chi connectivity index (χ3n) is 5.27. The fourth-order valence-corrected chi connectivity index (χ4v) is 3.88. The number of para-hydroxylation sites is 3. The van der Waals surface area contributed by atoms with Crippen LogP contribution in [-0.2, 0) is 17.7 Å². The van der Waals surface area contributed by atoms with Crippen LogP contribution in [0.15, 0.2) is 61.2 Å². The minimum Gasteiger partial charge on any atom is -0.493 e. The van der Waals surface area contributed by atoms with Crippen LogP contribution in [-0.4, -0.2) is 22.8 Å². The summed E-state index contributed by atoms with van der Waals surface area (Å²) < 4.78 is 14.3. The molecule has 3 aromatic rings. The van der Waals surface area contributed by atoms with Crippen molar-refractivity contribution in [3.05, 3.63) is 72.6 Å². The van der Waals surface area contributed by atoms with Gasteiger partial charge in [0.05, 0.1) is 17.6 Å². The number of fused-ring (bicyclic) bond motifs is 1. The van der Waals surface area contributed by atoms with E-state index in [4.69, 9.17) is 14.5 Å². The monoisotopic (exact) mass is 376 g/mol. The van der Waals surface area contributed by atoms with Crippen molar-refractivity contribution in [2.45, 2.75) is 44.8 Å². The summed E-state index contributed by atoms with van der Waals surface area (Å²) in [6.45, 7) is 6.32. The fourth-order valence-electron chi connectivity index (χ4n) is 3.88. The van der Waals surface area contributed by atoms with Crippen molar-refractivity contribution in [2.75, 3.05) is 13.2 Å². The summed E-state index contributed by atoms with van der Waals surface area (Å²) in [4.78, 5) is 4.87. The van der Waals surface area contributed by atoms with Crippen LogP contribution in [0.25, 0.3) is 11.0 Å². The maximum absolute atomic E-state index is 6.03. The summed E-state index contributed by atoms with van der Waals surface area (Å²) in [7, 11) is 0. The molecule has 1 fully saturated rings. The molecule has 4 heteroatoms. The van der Waals surface area contributed by atoms with Gasteiger partial charge in [-0.2, -0.15) is 0 Å². The van der Waals surface area contributed by atoms with Crippen LogP contribution < -0.4 is 4.74 Å². The highest BCUT2D eigenvalue weighted by molar-refractivity contribution is 5.76. The van der Waals surface area contributed by atoms with E-state index in [2.05, 4.69) is 35.4 Å². The molecule has 1 unspecified atom stereocenters. The molecule has 0 N–H and O–H groups in total. The van der Waals surface area contributed by atoms with E-state index in [1.165, 1.54) is 11.1 Å². The van der Waals surface area contributed by atoms with Gasteiger partial charge in [0.25, 0.3) is 0 Å². The van der Waals surface area contributed by atoms with Crippen molar-refractivity contribution in [1.82, 2.24) is 9.55 Å². The van der Waals surface area contributed by atoms with Crippen molar-refractivity contribution < 1.29 is 9.47 Å². The molecule has 1 aromatic heterocycles. The highest BCUT2D eigenvalue weighted by Crippen LogP contribution is 2.30. The van der Waals surface area contributed by atoms with Crippen LogP contribution in [0.4, 0.5) is 0 Å². The van der Waals surface area contributed by atoms with Gasteiger partial charge < -0.3 is 14.0 Å². The van der Waals surface area contributed by atoms with E-state index in [0.717, 1.165) is 69.0 Å². The van der Waals surface area contributed by atoms with Crippen molar-refractivity contribution in [1.29, 1.82) is 0 Å². The Kier molecular flexibility index (Phi) is 6.07. The summed E-state index contributed by atoms with van der Waals surface area (Å²) in [5.74, 6) is 2.05. The SMILES string of the molecule is C=CCc1ccccc1OCCCCn1c(C2CCCO2)nc2ccccc21. The van der Waals surface area contributed by atoms with Crippen LogP contribution in [0.3, 0.4) is 0 Å². The first-order chi connectivity index (χ1) is 13.9. The molecule has 4 nitrogen and oxygen atoms in total. The van der Waals surface area contributed by atoms with Gasteiger partial charge in [-0.05, 0) is 55.9 Å². The van der Waals surface area contributed by atoms with Crippen LogP contribution in [0, 0.1) is 0 Å². The number of allylic oxidation sites excluding steroid dienone is 1. The van der Waals surface area contributed by atoms with Gasteiger partial charge in [-0.15, -0.1) is 6.58 Å². The molecule has 1 atom stereocenters. The number of rotatable bonds is 9. The molecular weight excluding hydrogens is 348 g/mol. The summed E-state index contributed by atoms with van der Waals surface area (Å²) in [6.07, 6.45) is 7.11. The molecule has 0 radical (unpaired) electrons. The molecule has 1 aliphatic rings. The molecule has 4 rings (SSSR count). The lowest BCUT2D eigenvalue weighted by Crippen LogP contribution is -2.10. The largest absolute Gasteiger partial charge is 0.493 e. The quantitative estimate of drug-likeness (QED) is 0.367. The van der Waals surface area contributed by atoms with Gasteiger partial charge in [-0.1, -0.05) is 36.4 Å². The topological polar surface area (TPSA) is 36.3 Å². The average Bonchev–Trinajstić information content (AvgIpc) is 3.37. The molecule has 0 amide bonds. The molecular formula is C24H28N2O2. The summed E-state index contributed by atoms with van der Waals surface area (Å²) in [5.41, 5.74) is 3.45. The standard InChI is InChI=1S/C24H28N2O2/c1-2-10-19-11-3-6-14-22(19)27-17-8-7-16-26-21-13-5-4-12-20(21)25-24(26)23-15-9-18-28-23/h2-6,11-14,23H,1,7-10,15-18H2. The molecule has 2 heterocycles. The summed E-state index contributed by atoms with van der Waals surface area (Å²) in [5, 5.41) is 0. The molecule has 0 bridgehead atoms.